The standard InChI is InChI=1S/C29H29N3O6.CH4/c1-3-37-29(35)25-26(30-14-16-31(17-15-30)27(33)24-9-6-18-38-24)22-7-4-5-8-23(22)32(28(25)34)19-20-10-12-21(36-2)13-11-20;/h4-13,18H,3,14-17,19H2,1-2H3;1H4. The van der Waals surface area contributed by atoms with Crippen LogP contribution in [0.4, 0.5) is 5.69 Å². The lowest BCUT2D eigenvalue weighted by molar-refractivity contribution is 0.0523. The molecule has 1 aliphatic rings. The van der Waals surface area contributed by atoms with E-state index >= 15 is 0 Å². The Bertz CT molecular complexity index is 1500. The fourth-order valence-corrected chi connectivity index (χ4v) is 4.87. The van der Waals surface area contributed by atoms with Gasteiger partial charge in [-0.2, -0.15) is 0 Å². The molecule has 0 N–H and O–H groups in total. The van der Waals surface area contributed by atoms with Gasteiger partial charge in [-0.1, -0.05) is 37.8 Å². The zero-order valence-corrected chi connectivity index (χ0v) is 21.4. The van der Waals surface area contributed by atoms with Crippen molar-refractivity contribution in [1.29, 1.82) is 0 Å². The minimum Gasteiger partial charge on any atom is -0.497 e. The van der Waals surface area contributed by atoms with Crippen molar-refractivity contribution in [3.05, 3.63) is 94.2 Å². The Kier molecular flexibility index (Phi) is 8.39. The lowest BCUT2D eigenvalue weighted by atomic mass is 10.0. The molecule has 1 amide bonds. The number of furan rings is 1. The topological polar surface area (TPSA) is 94.2 Å². The van der Waals surface area contributed by atoms with Crippen molar-refractivity contribution in [2.45, 2.75) is 20.9 Å². The van der Waals surface area contributed by atoms with E-state index in [4.69, 9.17) is 13.9 Å². The van der Waals surface area contributed by atoms with Gasteiger partial charge >= 0.3 is 5.97 Å². The van der Waals surface area contributed by atoms with Crippen molar-refractivity contribution in [3.63, 3.8) is 0 Å². The molecule has 0 atom stereocenters. The van der Waals surface area contributed by atoms with E-state index in [1.54, 1.807) is 35.6 Å². The molecule has 0 unspecified atom stereocenters. The third-order valence-corrected chi connectivity index (χ3v) is 6.74. The lowest BCUT2D eigenvalue weighted by Crippen LogP contribution is -2.49. The second-order valence-corrected chi connectivity index (χ2v) is 8.96. The maximum absolute atomic E-state index is 14.0. The summed E-state index contributed by atoms with van der Waals surface area (Å²) in [6.07, 6.45) is 1.47. The summed E-state index contributed by atoms with van der Waals surface area (Å²) >= 11 is 0. The van der Waals surface area contributed by atoms with Gasteiger partial charge in [0.1, 0.15) is 11.3 Å². The molecule has 2 aromatic carbocycles. The maximum atomic E-state index is 14.0. The van der Waals surface area contributed by atoms with Gasteiger partial charge in [0.25, 0.3) is 11.5 Å². The summed E-state index contributed by atoms with van der Waals surface area (Å²) in [6.45, 7) is 3.88. The largest absolute Gasteiger partial charge is 0.497 e. The molecule has 0 aliphatic carbocycles. The summed E-state index contributed by atoms with van der Waals surface area (Å²) in [4.78, 5) is 43.7. The average Bonchev–Trinajstić information content (AvgIpc) is 3.49. The van der Waals surface area contributed by atoms with Crippen LogP contribution in [0.3, 0.4) is 0 Å². The van der Waals surface area contributed by atoms with Gasteiger partial charge in [-0.05, 0) is 42.8 Å². The van der Waals surface area contributed by atoms with Crippen LogP contribution in [0.15, 0.2) is 76.1 Å². The first-order chi connectivity index (χ1) is 18.5. The van der Waals surface area contributed by atoms with Crippen molar-refractivity contribution in [3.8, 4) is 5.75 Å². The monoisotopic (exact) mass is 531 g/mol. The second kappa shape index (κ2) is 11.9. The molecule has 39 heavy (non-hydrogen) atoms. The number of carbonyl (C=O) groups excluding carboxylic acids is 2. The Morgan fingerprint density at radius 2 is 1.67 bits per heavy atom. The Balaban J connectivity index is 0.00000353. The highest BCUT2D eigenvalue weighted by atomic mass is 16.5. The number of aromatic nitrogens is 1. The predicted molar refractivity (Wildman–Crippen MR) is 150 cm³/mol. The highest BCUT2D eigenvalue weighted by Gasteiger charge is 2.30. The summed E-state index contributed by atoms with van der Waals surface area (Å²) < 4.78 is 17.5. The SMILES string of the molecule is C.CCOC(=O)c1c(N2CCN(C(=O)c3ccco3)CC2)c2ccccc2n(Cc2ccc(OC)cc2)c1=O. The number of pyridine rings is 1. The van der Waals surface area contributed by atoms with Gasteiger partial charge in [0.2, 0.25) is 0 Å². The van der Waals surface area contributed by atoms with E-state index in [1.165, 1.54) is 6.26 Å². The average molecular weight is 532 g/mol. The van der Waals surface area contributed by atoms with Crippen molar-refractivity contribution < 1.29 is 23.5 Å². The number of hydrogen-bond donors (Lipinski definition) is 0. The molecule has 2 aromatic heterocycles. The summed E-state index contributed by atoms with van der Waals surface area (Å²) in [5, 5.41) is 0.773. The van der Waals surface area contributed by atoms with E-state index in [0.29, 0.717) is 37.4 Å². The Morgan fingerprint density at radius 1 is 0.949 bits per heavy atom. The van der Waals surface area contributed by atoms with Gasteiger partial charge < -0.3 is 28.3 Å². The van der Waals surface area contributed by atoms with Crippen molar-refractivity contribution >= 4 is 28.5 Å². The molecule has 0 spiro atoms. The zero-order chi connectivity index (χ0) is 26.6. The molecular weight excluding hydrogens is 498 g/mol. The minimum atomic E-state index is -0.657. The first-order valence-electron chi connectivity index (χ1n) is 12.5. The van der Waals surface area contributed by atoms with E-state index in [-0.39, 0.29) is 37.8 Å². The predicted octanol–water partition coefficient (Wildman–Crippen LogP) is 4.43. The Morgan fingerprint density at radius 3 is 2.31 bits per heavy atom. The van der Waals surface area contributed by atoms with Crippen molar-refractivity contribution in [1.82, 2.24) is 9.47 Å². The van der Waals surface area contributed by atoms with Crippen LogP contribution in [0.5, 0.6) is 5.75 Å². The number of amides is 1. The number of piperazine rings is 1. The van der Waals surface area contributed by atoms with Crippen LogP contribution in [0, 0.1) is 0 Å². The van der Waals surface area contributed by atoms with E-state index < -0.39 is 11.5 Å². The number of ether oxygens (including phenoxy) is 2. The summed E-state index contributed by atoms with van der Waals surface area (Å²) in [5.74, 6) is 0.172. The number of hydrogen-bond acceptors (Lipinski definition) is 7. The smallest absolute Gasteiger partial charge is 0.345 e. The zero-order valence-electron chi connectivity index (χ0n) is 21.4. The summed E-state index contributed by atoms with van der Waals surface area (Å²) in [6, 6.07) is 18.4. The van der Waals surface area contributed by atoms with Gasteiger partial charge in [-0.15, -0.1) is 0 Å². The summed E-state index contributed by atoms with van der Waals surface area (Å²) in [5.41, 5.74) is 1.74. The van der Waals surface area contributed by atoms with Crippen LogP contribution >= 0.6 is 0 Å². The van der Waals surface area contributed by atoms with Crippen LogP contribution in [0.25, 0.3) is 10.9 Å². The van der Waals surface area contributed by atoms with Gasteiger partial charge in [-0.3, -0.25) is 9.59 Å². The molecule has 9 nitrogen and oxygen atoms in total. The van der Waals surface area contributed by atoms with E-state index in [9.17, 15) is 14.4 Å². The maximum Gasteiger partial charge on any atom is 0.345 e. The first-order valence-corrected chi connectivity index (χ1v) is 12.5. The molecule has 3 heterocycles. The Labute approximate surface area is 227 Å². The van der Waals surface area contributed by atoms with Gasteiger partial charge in [0.15, 0.2) is 5.76 Å². The minimum absolute atomic E-state index is 0. The van der Waals surface area contributed by atoms with Gasteiger partial charge in [0, 0.05) is 31.6 Å². The highest BCUT2D eigenvalue weighted by molar-refractivity contribution is 6.05. The molecule has 1 fully saturated rings. The molecule has 1 saturated heterocycles. The highest BCUT2D eigenvalue weighted by Crippen LogP contribution is 2.31. The fraction of sp³-hybridized carbons (Fsp3) is 0.300. The van der Waals surface area contributed by atoms with E-state index in [1.807, 2.05) is 53.4 Å². The van der Waals surface area contributed by atoms with Crippen molar-refractivity contribution in [2.24, 2.45) is 0 Å². The molecular formula is C30H33N3O6. The quantitative estimate of drug-likeness (QED) is 0.326. The molecule has 1 aliphatic heterocycles. The molecule has 0 saturated carbocycles. The van der Waals surface area contributed by atoms with Crippen LogP contribution in [-0.2, 0) is 11.3 Å². The molecule has 0 radical (unpaired) electrons. The Hall–Kier alpha value is -4.53. The second-order valence-electron chi connectivity index (χ2n) is 8.96. The van der Waals surface area contributed by atoms with Gasteiger partial charge in [-0.25, -0.2) is 4.79 Å². The van der Waals surface area contributed by atoms with Gasteiger partial charge in [0.05, 0.1) is 37.7 Å². The number of para-hydroxylation sites is 1. The van der Waals surface area contributed by atoms with Crippen LogP contribution in [-0.4, -0.2) is 61.2 Å². The number of fused-ring (bicyclic) bond motifs is 1. The van der Waals surface area contributed by atoms with Crippen molar-refractivity contribution in [2.75, 3.05) is 44.8 Å². The van der Waals surface area contributed by atoms with Crippen LogP contribution in [0.2, 0.25) is 0 Å². The lowest BCUT2D eigenvalue weighted by Gasteiger charge is -2.37. The number of benzene rings is 2. The van der Waals surface area contributed by atoms with Crippen LogP contribution < -0.4 is 15.2 Å². The molecule has 0 bridgehead atoms. The number of esters is 1. The number of methoxy groups -OCH3 is 1. The number of rotatable bonds is 7. The van der Waals surface area contributed by atoms with E-state index in [0.717, 1.165) is 16.7 Å². The first kappa shape index (κ1) is 27.5. The number of anilines is 1. The molecule has 204 valence electrons. The van der Waals surface area contributed by atoms with Crippen LogP contribution in [0.1, 0.15) is 40.8 Å². The molecule has 4 aromatic rings. The number of carbonyl (C=O) groups is 2. The normalized spacial score (nSPS) is 13.2. The van der Waals surface area contributed by atoms with E-state index in [2.05, 4.69) is 0 Å². The third kappa shape index (κ3) is 5.38. The molecule has 9 heteroatoms. The molecule has 5 rings (SSSR count). The number of nitrogens with zero attached hydrogens (tertiary/aromatic N) is 3. The summed E-state index contributed by atoms with van der Waals surface area (Å²) in [7, 11) is 1.60. The fourth-order valence-electron chi connectivity index (χ4n) is 4.87. The third-order valence-electron chi connectivity index (χ3n) is 6.74.